The second-order valence-electron chi connectivity index (χ2n) is 5.72. The summed E-state index contributed by atoms with van der Waals surface area (Å²) in [5, 5.41) is 3.22. The zero-order valence-corrected chi connectivity index (χ0v) is 14.6. The van der Waals surface area contributed by atoms with Crippen LogP contribution >= 0.6 is 11.8 Å². The van der Waals surface area contributed by atoms with Gasteiger partial charge in [-0.25, -0.2) is 4.39 Å². The Balaban J connectivity index is 1.79. The Morgan fingerprint density at radius 2 is 2.24 bits per heavy atom. The normalized spacial score (nSPS) is 17.0. The number of carbonyl (C=O) groups is 1. The fourth-order valence-electron chi connectivity index (χ4n) is 2.60. The summed E-state index contributed by atoms with van der Waals surface area (Å²) < 4.78 is 14.2. The van der Waals surface area contributed by atoms with E-state index in [1.165, 1.54) is 23.9 Å². The highest BCUT2D eigenvalue weighted by atomic mass is 32.2. The van der Waals surface area contributed by atoms with Crippen LogP contribution in [-0.4, -0.2) is 21.8 Å². The number of rotatable bonds is 4. The summed E-state index contributed by atoms with van der Waals surface area (Å²) in [5.74, 6) is 0.114. The lowest BCUT2D eigenvalue weighted by atomic mass is 10.0. The molecular weight excluding hydrogens is 339 g/mol. The fraction of sp³-hybridized carbons (Fsp3) is 0.278. The van der Waals surface area contributed by atoms with Crippen LogP contribution in [0, 0.1) is 5.82 Å². The Morgan fingerprint density at radius 3 is 2.92 bits per heavy atom. The molecule has 1 atom stereocenters. The van der Waals surface area contributed by atoms with E-state index < -0.39 is 0 Å². The molecule has 0 bridgehead atoms. The SMILES string of the molecule is CCc1ccc(C(=O)Nc2ccc(F)c(C3CCSC(N)=N3)c2)nc1. The molecule has 3 N–H and O–H groups in total. The van der Waals surface area contributed by atoms with Crippen LogP contribution in [0.2, 0.25) is 0 Å². The average Bonchev–Trinajstić information content (AvgIpc) is 2.63. The number of carbonyl (C=O) groups excluding carboxylic acids is 1. The highest BCUT2D eigenvalue weighted by molar-refractivity contribution is 8.13. The summed E-state index contributed by atoms with van der Waals surface area (Å²) in [6.45, 7) is 2.02. The molecule has 7 heteroatoms. The quantitative estimate of drug-likeness (QED) is 0.876. The minimum Gasteiger partial charge on any atom is -0.379 e. The van der Waals surface area contributed by atoms with Crippen LogP contribution in [0.3, 0.4) is 0 Å². The summed E-state index contributed by atoms with van der Waals surface area (Å²) >= 11 is 1.46. The van der Waals surface area contributed by atoms with Gasteiger partial charge in [-0.1, -0.05) is 24.8 Å². The van der Waals surface area contributed by atoms with Gasteiger partial charge in [0, 0.05) is 23.2 Å². The molecule has 2 aromatic rings. The number of pyridine rings is 1. The van der Waals surface area contributed by atoms with E-state index in [0.29, 0.717) is 28.5 Å². The van der Waals surface area contributed by atoms with Crippen molar-refractivity contribution in [3.05, 3.63) is 59.2 Å². The number of nitrogens with one attached hydrogen (secondary N) is 1. The first kappa shape index (κ1) is 17.4. The first-order chi connectivity index (χ1) is 12.1. The zero-order valence-electron chi connectivity index (χ0n) is 13.8. The van der Waals surface area contributed by atoms with Gasteiger partial charge in [0.25, 0.3) is 5.91 Å². The molecule has 130 valence electrons. The summed E-state index contributed by atoms with van der Waals surface area (Å²) in [4.78, 5) is 20.8. The van der Waals surface area contributed by atoms with Crippen LogP contribution in [0.15, 0.2) is 41.5 Å². The topological polar surface area (TPSA) is 80.4 Å². The predicted molar refractivity (Wildman–Crippen MR) is 99.4 cm³/mol. The van der Waals surface area contributed by atoms with Gasteiger partial charge < -0.3 is 11.1 Å². The van der Waals surface area contributed by atoms with E-state index >= 15 is 0 Å². The molecular formula is C18H19FN4OS. The number of hydrogen-bond acceptors (Lipinski definition) is 5. The van der Waals surface area contributed by atoms with Gasteiger partial charge in [0.1, 0.15) is 11.5 Å². The molecule has 1 unspecified atom stereocenters. The van der Waals surface area contributed by atoms with E-state index in [4.69, 9.17) is 5.73 Å². The number of aliphatic imine (C=N–C) groups is 1. The van der Waals surface area contributed by atoms with E-state index in [1.807, 2.05) is 13.0 Å². The van der Waals surface area contributed by atoms with E-state index in [9.17, 15) is 9.18 Å². The molecule has 2 heterocycles. The van der Waals surface area contributed by atoms with Gasteiger partial charge in [-0.3, -0.25) is 14.8 Å². The Hall–Kier alpha value is -2.41. The smallest absolute Gasteiger partial charge is 0.274 e. The largest absolute Gasteiger partial charge is 0.379 e. The molecule has 0 radical (unpaired) electrons. The number of amides is 1. The van der Waals surface area contributed by atoms with Crippen molar-refractivity contribution in [2.45, 2.75) is 25.8 Å². The lowest BCUT2D eigenvalue weighted by Crippen LogP contribution is -2.17. The average molecular weight is 358 g/mol. The number of benzene rings is 1. The Morgan fingerprint density at radius 1 is 1.40 bits per heavy atom. The molecule has 1 aliphatic heterocycles. The number of thioether (sulfide) groups is 1. The van der Waals surface area contributed by atoms with Crippen molar-refractivity contribution in [2.24, 2.45) is 10.7 Å². The van der Waals surface area contributed by atoms with Gasteiger partial charge in [-0.05, 0) is 42.7 Å². The summed E-state index contributed by atoms with van der Waals surface area (Å²) in [6, 6.07) is 7.72. The van der Waals surface area contributed by atoms with Crippen LogP contribution in [-0.2, 0) is 6.42 Å². The van der Waals surface area contributed by atoms with Gasteiger partial charge in [0.15, 0.2) is 5.17 Å². The number of aromatic nitrogens is 1. The van der Waals surface area contributed by atoms with E-state index in [2.05, 4.69) is 15.3 Å². The van der Waals surface area contributed by atoms with Gasteiger partial charge in [-0.2, -0.15) is 0 Å². The lowest BCUT2D eigenvalue weighted by molar-refractivity contribution is 0.102. The first-order valence-electron chi connectivity index (χ1n) is 8.08. The van der Waals surface area contributed by atoms with Crippen LogP contribution in [0.25, 0.3) is 0 Å². The zero-order chi connectivity index (χ0) is 17.8. The maximum absolute atomic E-state index is 14.2. The van der Waals surface area contributed by atoms with Gasteiger partial charge >= 0.3 is 0 Å². The van der Waals surface area contributed by atoms with Crippen molar-refractivity contribution in [3.8, 4) is 0 Å². The van der Waals surface area contributed by atoms with Crippen LogP contribution in [0.4, 0.5) is 10.1 Å². The van der Waals surface area contributed by atoms with Crippen molar-refractivity contribution >= 4 is 28.5 Å². The highest BCUT2D eigenvalue weighted by Crippen LogP contribution is 2.31. The second-order valence-corrected chi connectivity index (χ2v) is 6.83. The van der Waals surface area contributed by atoms with Crippen molar-refractivity contribution in [2.75, 3.05) is 11.1 Å². The molecule has 1 aromatic heterocycles. The molecule has 3 rings (SSSR count). The van der Waals surface area contributed by atoms with Crippen LogP contribution in [0.1, 0.15) is 41.0 Å². The third-order valence-electron chi connectivity index (χ3n) is 4.00. The monoisotopic (exact) mass is 358 g/mol. The lowest BCUT2D eigenvalue weighted by Gasteiger charge is -2.19. The van der Waals surface area contributed by atoms with E-state index in [1.54, 1.807) is 18.3 Å². The molecule has 0 saturated heterocycles. The number of hydrogen-bond donors (Lipinski definition) is 2. The summed E-state index contributed by atoms with van der Waals surface area (Å²) in [5.41, 5.74) is 8.07. The highest BCUT2D eigenvalue weighted by Gasteiger charge is 2.20. The maximum atomic E-state index is 14.2. The molecule has 0 aliphatic carbocycles. The van der Waals surface area contributed by atoms with Crippen LogP contribution < -0.4 is 11.1 Å². The summed E-state index contributed by atoms with van der Waals surface area (Å²) in [7, 11) is 0. The molecule has 1 aromatic carbocycles. The van der Waals surface area contributed by atoms with Crippen molar-refractivity contribution in [1.82, 2.24) is 4.98 Å². The Bertz CT molecular complexity index is 807. The second kappa shape index (κ2) is 7.65. The molecule has 5 nitrogen and oxygen atoms in total. The Labute approximate surface area is 149 Å². The van der Waals surface area contributed by atoms with Gasteiger partial charge in [0.05, 0.1) is 6.04 Å². The van der Waals surface area contributed by atoms with Crippen molar-refractivity contribution < 1.29 is 9.18 Å². The molecule has 0 saturated carbocycles. The number of aryl methyl sites for hydroxylation is 1. The first-order valence-corrected chi connectivity index (χ1v) is 9.07. The van der Waals surface area contributed by atoms with E-state index in [0.717, 1.165) is 17.7 Å². The number of nitrogens with two attached hydrogens (primary N) is 1. The van der Waals surface area contributed by atoms with Gasteiger partial charge in [-0.15, -0.1) is 0 Å². The van der Waals surface area contributed by atoms with Crippen LogP contribution in [0.5, 0.6) is 0 Å². The number of anilines is 1. The maximum Gasteiger partial charge on any atom is 0.274 e. The predicted octanol–water partition coefficient (Wildman–Crippen LogP) is 3.53. The van der Waals surface area contributed by atoms with Gasteiger partial charge in [0.2, 0.25) is 0 Å². The third-order valence-corrected chi connectivity index (χ3v) is 4.84. The van der Waals surface area contributed by atoms with Crippen molar-refractivity contribution in [3.63, 3.8) is 0 Å². The standard InChI is InChI=1S/C18H19FN4OS/c1-2-11-3-6-16(21-10-11)17(24)22-12-4-5-14(19)13(9-12)15-7-8-25-18(20)23-15/h3-6,9-10,15H,2,7-8H2,1H3,(H2,20,23)(H,22,24). The molecule has 1 amide bonds. The minimum absolute atomic E-state index is 0.319. The number of halogens is 1. The number of amidine groups is 1. The molecule has 25 heavy (non-hydrogen) atoms. The van der Waals surface area contributed by atoms with E-state index in [-0.39, 0.29) is 17.8 Å². The van der Waals surface area contributed by atoms with Crippen molar-refractivity contribution in [1.29, 1.82) is 0 Å². The Kier molecular flexibility index (Phi) is 5.33. The summed E-state index contributed by atoms with van der Waals surface area (Å²) in [6.07, 6.45) is 3.25. The molecule has 0 spiro atoms. The fourth-order valence-corrected chi connectivity index (χ4v) is 3.35. The number of nitrogens with zero attached hydrogens (tertiary/aromatic N) is 2. The molecule has 0 fully saturated rings. The molecule has 1 aliphatic rings. The minimum atomic E-state index is -0.350. The third kappa shape index (κ3) is 4.17.